The number of rotatable bonds is 7. The number of hydrogen-bond donors (Lipinski definition) is 2. The van der Waals surface area contributed by atoms with Gasteiger partial charge in [-0.2, -0.15) is 13.2 Å². The molecular formula is C26H31F4N5. The van der Waals surface area contributed by atoms with Crippen molar-refractivity contribution < 1.29 is 17.6 Å². The number of aromatic amines is 1. The molecule has 0 unspecified atom stereocenters. The van der Waals surface area contributed by atoms with Crippen molar-refractivity contribution in [3.8, 4) is 0 Å². The van der Waals surface area contributed by atoms with Gasteiger partial charge in [-0.25, -0.2) is 0 Å². The molecule has 0 aliphatic carbocycles. The average Bonchev–Trinajstić information content (AvgIpc) is 3.42. The molecule has 4 heterocycles. The molecule has 35 heavy (non-hydrogen) atoms. The Balaban J connectivity index is 1.41. The first-order valence-corrected chi connectivity index (χ1v) is 12.2. The Morgan fingerprint density at radius 2 is 2.00 bits per heavy atom. The van der Waals surface area contributed by atoms with Crippen molar-refractivity contribution in [2.75, 3.05) is 38.2 Å². The van der Waals surface area contributed by atoms with E-state index < -0.39 is 18.8 Å². The highest BCUT2D eigenvalue weighted by Gasteiger charge is 2.42. The summed E-state index contributed by atoms with van der Waals surface area (Å²) >= 11 is 0. The maximum absolute atomic E-state index is 13.6. The van der Waals surface area contributed by atoms with Crippen molar-refractivity contribution in [1.29, 1.82) is 0 Å². The fraction of sp³-hybridized carbons (Fsp3) is 0.500. The van der Waals surface area contributed by atoms with Gasteiger partial charge in [-0.1, -0.05) is 18.2 Å². The van der Waals surface area contributed by atoms with Crippen LogP contribution in [0.2, 0.25) is 0 Å². The van der Waals surface area contributed by atoms with E-state index in [-0.39, 0.29) is 18.8 Å². The van der Waals surface area contributed by atoms with Crippen LogP contribution < -0.4 is 5.32 Å². The number of H-pyrrole nitrogens is 1. The number of nitrogens with zero attached hydrogens (tertiary/aromatic N) is 3. The molecule has 0 spiro atoms. The number of anilines is 1. The van der Waals surface area contributed by atoms with Gasteiger partial charge in [0.05, 0.1) is 36.8 Å². The van der Waals surface area contributed by atoms with E-state index in [0.717, 1.165) is 53.9 Å². The first-order valence-electron chi connectivity index (χ1n) is 12.2. The van der Waals surface area contributed by atoms with Crippen LogP contribution in [0.5, 0.6) is 0 Å². The van der Waals surface area contributed by atoms with Crippen molar-refractivity contribution >= 4 is 16.6 Å². The molecule has 3 aromatic rings. The van der Waals surface area contributed by atoms with Crippen molar-refractivity contribution in [3.05, 3.63) is 59.5 Å². The number of para-hydroxylation sites is 1. The third-order valence-corrected chi connectivity index (χ3v) is 7.20. The number of aromatic nitrogens is 2. The first kappa shape index (κ1) is 24.1. The van der Waals surface area contributed by atoms with Crippen LogP contribution in [0.1, 0.15) is 42.8 Å². The summed E-state index contributed by atoms with van der Waals surface area (Å²) in [4.78, 5) is 11.8. The zero-order chi connectivity index (χ0) is 24.6. The fourth-order valence-electron chi connectivity index (χ4n) is 5.60. The van der Waals surface area contributed by atoms with Crippen molar-refractivity contribution in [2.24, 2.45) is 0 Å². The van der Waals surface area contributed by atoms with Crippen LogP contribution in [-0.4, -0.2) is 70.9 Å². The van der Waals surface area contributed by atoms with Gasteiger partial charge in [0.25, 0.3) is 0 Å². The molecule has 1 fully saturated rings. The molecule has 5 rings (SSSR count). The predicted octanol–water partition coefficient (Wildman–Crippen LogP) is 5.31. The second-order valence-electron chi connectivity index (χ2n) is 9.75. The van der Waals surface area contributed by atoms with Gasteiger partial charge < -0.3 is 15.2 Å². The summed E-state index contributed by atoms with van der Waals surface area (Å²) in [6.45, 7) is 3.09. The van der Waals surface area contributed by atoms with E-state index in [0.29, 0.717) is 18.5 Å². The maximum atomic E-state index is 13.6. The van der Waals surface area contributed by atoms with E-state index in [1.165, 1.54) is 4.90 Å². The predicted molar refractivity (Wildman–Crippen MR) is 129 cm³/mol. The lowest BCUT2D eigenvalue weighted by Crippen LogP contribution is -2.47. The van der Waals surface area contributed by atoms with Gasteiger partial charge >= 0.3 is 6.18 Å². The summed E-state index contributed by atoms with van der Waals surface area (Å²) in [6.07, 6.45) is -0.536. The summed E-state index contributed by atoms with van der Waals surface area (Å²) in [5, 5.41) is 4.54. The fourth-order valence-corrected chi connectivity index (χ4v) is 5.60. The highest BCUT2D eigenvalue weighted by atomic mass is 19.4. The van der Waals surface area contributed by atoms with Gasteiger partial charge in [0.15, 0.2) is 0 Å². The second-order valence-corrected chi connectivity index (χ2v) is 9.75. The minimum Gasteiger partial charge on any atom is -0.380 e. The molecule has 2 N–H and O–H groups in total. The molecule has 0 amide bonds. The van der Waals surface area contributed by atoms with Crippen molar-refractivity contribution in [2.45, 2.75) is 50.5 Å². The molecular weight excluding hydrogens is 458 g/mol. The molecule has 1 aromatic carbocycles. The molecule has 1 saturated heterocycles. The summed E-state index contributed by atoms with van der Waals surface area (Å²) < 4.78 is 53.2. The third kappa shape index (κ3) is 5.16. The zero-order valence-electron chi connectivity index (χ0n) is 19.8. The number of hydrogen-bond acceptors (Lipinski definition) is 4. The minimum atomic E-state index is -4.31. The molecule has 9 heteroatoms. The summed E-state index contributed by atoms with van der Waals surface area (Å²) in [6, 6.07) is 10.9. The summed E-state index contributed by atoms with van der Waals surface area (Å²) in [5.74, 6) is 0. The Kier molecular flexibility index (Phi) is 6.72. The largest absolute Gasteiger partial charge is 0.401 e. The Labute approximate surface area is 202 Å². The van der Waals surface area contributed by atoms with Crippen LogP contribution in [0.3, 0.4) is 0 Å². The number of fused-ring (bicyclic) bond motifs is 3. The zero-order valence-corrected chi connectivity index (χ0v) is 19.8. The molecule has 2 aliphatic heterocycles. The second kappa shape index (κ2) is 9.78. The lowest BCUT2D eigenvalue weighted by molar-refractivity contribution is -0.155. The van der Waals surface area contributed by atoms with E-state index in [1.54, 1.807) is 6.20 Å². The van der Waals surface area contributed by atoms with E-state index in [4.69, 9.17) is 0 Å². The number of alkyl halides is 4. The number of halogens is 4. The van der Waals surface area contributed by atoms with E-state index >= 15 is 0 Å². The SMILES string of the molecule is C[C@@H]1Cc2c([nH]c3ccccc23)[C@@H](c2ccc(N[C@@H]3CCN(CCCF)C3)cn2)N1CC(F)(F)F. The normalized spacial score (nSPS) is 23.6. The Bertz CT molecular complexity index is 1140. The monoisotopic (exact) mass is 489 g/mol. The van der Waals surface area contributed by atoms with Crippen LogP contribution >= 0.6 is 0 Å². The lowest BCUT2D eigenvalue weighted by atomic mass is 9.90. The Morgan fingerprint density at radius 1 is 1.17 bits per heavy atom. The number of pyridine rings is 1. The molecule has 3 atom stereocenters. The van der Waals surface area contributed by atoms with Crippen molar-refractivity contribution in [1.82, 2.24) is 19.8 Å². The van der Waals surface area contributed by atoms with Gasteiger partial charge in [0.2, 0.25) is 0 Å². The lowest BCUT2D eigenvalue weighted by Gasteiger charge is -2.40. The van der Waals surface area contributed by atoms with Crippen LogP contribution in [0.4, 0.5) is 23.2 Å². The number of likely N-dealkylation sites (tertiary alicyclic amines) is 1. The highest BCUT2D eigenvalue weighted by Crippen LogP contribution is 2.41. The van der Waals surface area contributed by atoms with Crippen LogP contribution in [-0.2, 0) is 6.42 Å². The van der Waals surface area contributed by atoms with Crippen LogP contribution in [0.25, 0.3) is 10.9 Å². The molecule has 0 saturated carbocycles. The summed E-state index contributed by atoms with van der Waals surface area (Å²) in [7, 11) is 0. The van der Waals surface area contributed by atoms with Gasteiger partial charge in [0.1, 0.15) is 0 Å². The van der Waals surface area contributed by atoms with Gasteiger partial charge in [-0.3, -0.25) is 14.3 Å². The Hall–Kier alpha value is -2.65. The molecule has 2 aliphatic rings. The van der Waals surface area contributed by atoms with Gasteiger partial charge in [-0.05, 0) is 49.9 Å². The third-order valence-electron chi connectivity index (χ3n) is 7.20. The van der Waals surface area contributed by atoms with Gasteiger partial charge in [0, 0.05) is 48.3 Å². The number of nitrogens with one attached hydrogen (secondary N) is 2. The molecule has 188 valence electrons. The summed E-state index contributed by atoms with van der Waals surface area (Å²) in [5.41, 5.74) is 4.23. The minimum absolute atomic E-state index is 0.249. The molecule has 0 radical (unpaired) electrons. The smallest absolute Gasteiger partial charge is 0.380 e. The van der Waals surface area contributed by atoms with E-state index in [9.17, 15) is 17.6 Å². The van der Waals surface area contributed by atoms with E-state index in [2.05, 4.69) is 20.2 Å². The molecule has 0 bridgehead atoms. The first-order chi connectivity index (χ1) is 16.8. The van der Waals surface area contributed by atoms with Crippen molar-refractivity contribution in [3.63, 3.8) is 0 Å². The maximum Gasteiger partial charge on any atom is 0.401 e. The van der Waals surface area contributed by atoms with Crippen LogP contribution in [0.15, 0.2) is 42.6 Å². The highest BCUT2D eigenvalue weighted by molar-refractivity contribution is 5.85. The molecule has 5 nitrogen and oxygen atoms in total. The van der Waals surface area contributed by atoms with Gasteiger partial charge in [-0.15, -0.1) is 0 Å². The quantitative estimate of drug-likeness (QED) is 0.442. The standard InChI is InChI=1S/C26H31F4N5/c1-17-13-21-20-5-2-3-6-22(20)33-24(21)25(35(17)16-26(28,29)30)23-8-7-18(14-31-23)32-19-9-12-34(15-19)11-4-10-27/h2-3,5-8,14,17,19,25,32-33H,4,9-13,15-16H2,1H3/t17-,19-,25-/m1/s1. The number of benzene rings is 1. The average molecular weight is 490 g/mol. The van der Waals surface area contributed by atoms with E-state index in [1.807, 2.05) is 43.3 Å². The van der Waals surface area contributed by atoms with Crippen LogP contribution in [0, 0.1) is 0 Å². The Morgan fingerprint density at radius 3 is 2.74 bits per heavy atom. The molecule has 2 aromatic heterocycles. The topological polar surface area (TPSA) is 47.2 Å².